The highest BCUT2D eigenvalue weighted by Crippen LogP contribution is 2.18. The summed E-state index contributed by atoms with van der Waals surface area (Å²) in [5.41, 5.74) is 0.0906. The molecule has 1 N–H and O–H groups in total. The van der Waals surface area contributed by atoms with Gasteiger partial charge in [0.1, 0.15) is 0 Å². The van der Waals surface area contributed by atoms with Crippen molar-refractivity contribution in [3.63, 3.8) is 0 Å². The van der Waals surface area contributed by atoms with Crippen LogP contribution >= 0.6 is 22.6 Å². The van der Waals surface area contributed by atoms with Gasteiger partial charge in [-0.25, -0.2) is 9.59 Å². The van der Waals surface area contributed by atoms with Crippen LogP contribution in [-0.4, -0.2) is 23.7 Å². The molecule has 0 fully saturated rings. The zero-order valence-electron chi connectivity index (χ0n) is 7.99. The van der Waals surface area contributed by atoms with Crippen LogP contribution < -0.4 is 0 Å². The van der Waals surface area contributed by atoms with E-state index in [1.807, 2.05) is 22.6 Å². The monoisotopic (exact) mass is 320 g/mol. The van der Waals surface area contributed by atoms with Gasteiger partial charge in [0.15, 0.2) is 0 Å². The standard InChI is InChI=1S/C10H9IO4/c1-2-15-10(14)6-4-3-5-7(11)8(6)9(12)13/h3-5H,2H2,1H3,(H,12,13). The zero-order valence-corrected chi connectivity index (χ0v) is 10.1. The maximum atomic E-state index is 11.4. The number of halogens is 1. The van der Waals surface area contributed by atoms with Crippen molar-refractivity contribution in [3.05, 3.63) is 32.9 Å². The minimum atomic E-state index is -1.12. The largest absolute Gasteiger partial charge is 0.478 e. The number of hydrogen-bond donors (Lipinski definition) is 1. The molecule has 0 bridgehead atoms. The molecule has 0 saturated carbocycles. The third kappa shape index (κ3) is 2.68. The van der Waals surface area contributed by atoms with Gasteiger partial charge in [-0.2, -0.15) is 0 Å². The third-order valence-electron chi connectivity index (χ3n) is 1.72. The van der Waals surface area contributed by atoms with Gasteiger partial charge in [-0.15, -0.1) is 0 Å². The minimum absolute atomic E-state index is 0.00319. The van der Waals surface area contributed by atoms with E-state index in [2.05, 4.69) is 0 Å². The van der Waals surface area contributed by atoms with Crippen LogP contribution in [0.4, 0.5) is 0 Å². The van der Waals surface area contributed by atoms with Gasteiger partial charge in [-0.1, -0.05) is 6.07 Å². The van der Waals surface area contributed by atoms with E-state index in [1.54, 1.807) is 19.1 Å². The van der Waals surface area contributed by atoms with Gasteiger partial charge in [0.05, 0.1) is 17.7 Å². The van der Waals surface area contributed by atoms with Gasteiger partial charge in [-0.05, 0) is 41.6 Å². The first-order chi connectivity index (χ1) is 7.07. The number of carboxylic acids is 1. The second kappa shape index (κ2) is 5.11. The summed E-state index contributed by atoms with van der Waals surface area (Å²) in [7, 11) is 0. The lowest BCUT2D eigenvalue weighted by atomic mass is 10.1. The Morgan fingerprint density at radius 2 is 2.13 bits per heavy atom. The molecule has 0 aliphatic rings. The molecule has 0 saturated heterocycles. The highest BCUT2D eigenvalue weighted by molar-refractivity contribution is 14.1. The molecule has 0 aliphatic heterocycles. The molecule has 1 aromatic rings. The van der Waals surface area contributed by atoms with E-state index in [9.17, 15) is 9.59 Å². The molecule has 0 aromatic heterocycles. The van der Waals surface area contributed by atoms with Gasteiger partial charge in [-0.3, -0.25) is 0 Å². The van der Waals surface area contributed by atoms with E-state index in [1.165, 1.54) is 6.07 Å². The van der Waals surface area contributed by atoms with Crippen molar-refractivity contribution in [1.29, 1.82) is 0 Å². The summed E-state index contributed by atoms with van der Waals surface area (Å²) < 4.78 is 5.29. The first-order valence-electron chi connectivity index (χ1n) is 4.26. The van der Waals surface area contributed by atoms with Crippen molar-refractivity contribution < 1.29 is 19.4 Å². The number of ether oxygens (including phenoxy) is 1. The van der Waals surface area contributed by atoms with Crippen LogP contribution in [-0.2, 0) is 4.74 Å². The molecule has 1 rings (SSSR count). The molecule has 0 radical (unpaired) electrons. The lowest BCUT2D eigenvalue weighted by Gasteiger charge is -2.06. The van der Waals surface area contributed by atoms with Crippen LogP contribution in [0.2, 0.25) is 0 Å². The number of rotatable bonds is 3. The smallest absolute Gasteiger partial charge is 0.339 e. The second-order valence-corrected chi connectivity index (χ2v) is 3.85. The number of benzene rings is 1. The maximum absolute atomic E-state index is 11.4. The highest BCUT2D eigenvalue weighted by Gasteiger charge is 2.19. The van der Waals surface area contributed by atoms with Gasteiger partial charge in [0, 0.05) is 3.57 Å². The summed E-state index contributed by atoms with van der Waals surface area (Å²) in [5.74, 6) is -1.73. The molecule has 0 amide bonds. The van der Waals surface area contributed by atoms with Crippen LogP contribution in [0, 0.1) is 3.57 Å². The van der Waals surface area contributed by atoms with Crippen molar-refractivity contribution >= 4 is 34.5 Å². The van der Waals surface area contributed by atoms with E-state index < -0.39 is 11.9 Å². The lowest BCUT2D eigenvalue weighted by Crippen LogP contribution is -2.13. The molecule has 5 heteroatoms. The number of aromatic carboxylic acids is 1. The van der Waals surface area contributed by atoms with Gasteiger partial charge >= 0.3 is 11.9 Å². The topological polar surface area (TPSA) is 63.6 Å². The van der Waals surface area contributed by atoms with Crippen molar-refractivity contribution in [1.82, 2.24) is 0 Å². The normalized spacial score (nSPS) is 9.73. The maximum Gasteiger partial charge on any atom is 0.339 e. The molecule has 0 unspecified atom stereocenters. The summed E-state index contributed by atoms with van der Waals surface area (Å²) in [6.07, 6.45) is 0. The fourth-order valence-corrected chi connectivity index (χ4v) is 1.85. The number of carboxylic acid groups (broad SMARTS) is 1. The molecule has 80 valence electrons. The molecular formula is C10H9IO4. The van der Waals surface area contributed by atoms with Crippen molar-refractivity contribution in [2.45, 2.75) is 6.92 Å². The average molecular weight is 320 g/mol. The quantitative estimate of drug-likeness (QED) is 0.685. The third-order valence-corrected chi connectivity index (χ3v) is 2.62. The molecular weight excluding hydrogens is 311 g/mol. The van der Waals surface area contributed by atoms with Crippen molar-refractivity contribution in [3.8, 4) is 0 Å². The van der Waals surface area contributed by atoms with Crippen LogP contribution in [0.3, 0.4) is 0 Å². The van der Waals surface area contributed by atoms with Gasteiger partial charge in [0.2, 0.25) is 0 Å². The SMILES string of the molecule is CCOC(=O)c1cccc(I)c1C(=O)O. The van der Waals surface area contributed by atoms with E-state index in [4.69, 9.17) is 9.84 Å². The molecule has 1 aromatic carbocycles. The number of carbonyl (C=O) groups is 2. The Kier molecular flexibility index (Phi) is 4.07. The predicted octanol–water partition coefficient (Wildman–Crippen LogP) is 2.17. The average Bonchev–Trinajstić information content (AvgIpc) is 2.17. The first kappa shape index (κ1) is 12.0. The Hall–Kier alpha value is -1.11. The predicted molar refractivity (Wildman–Crippen MR) is 62.1 cm³/mol. The van der Waals surface area contributed by atoms with Gasteiger partial charge < -0.3 is 9.84 Å². The Bertz CT molecular complexity index is 400. The summed E-state index contributed by atoms with van der Waals surface area (Å²) >= 11 is 1.87. The molecule has 4 nitrogen and oxygen atoms in total. The fourth-order valence-electron chi connectivity index (χ4n) is 1.12. The van der Waals surface area contributed by atoms with E-state index >= 15 is 0 Å². The highest BCUT2D eigenvalue weighted by atomic mass is 127. The van der Waals surface area contributed by atoms with Crippen molar-refractivity contribution in [2.75, 3.05) is 6.61 Å². The van der Waals surface area contributed by atoms with Crippen LogP contribution in [0.15, 0.2) is 18.2 Å². The number of esters is 1. The summed E-state index contributed by atoms with van der Waals surface area (Å²) in [4.78, 5) is 22.4. The summed E-state index contributed by atoms with van der Waals surface area (Å²) in [6, 6.07) is 4.71. The molecule has 15 heavy (non-hydrogen) atoms. The Morgan fingerprint density at radius 1 is 1.47 bits per heavy atom. The Labute approximate surface area is 100 Å². The second-order valence-electron chi connectivity index (χ2n) is 2.69. The van der Waals surface area contributed by atoms with E-state index in [-0.39, 0.29) is 17.7 Å². The number of carbonyl (C=O) groups excluding carboxylic acids is 1. The van der Waals surface area contributed by atoms with Crippen molar-refractivity contribution in [2.24, 2.45) is 0 Å². The van der Waals surface area contributed by atoms with Crippen LogP contribution in [0.25, 0.3) is 0 Å². The summed E-state index contributed by atoms with van der Waals surface area (Å²) in [6.45, 7) is 1.90. The molecule has 0 heterocycles. The van der Waals surface area contributed by atoms with Crippen LogP contribution in [0.5, 0.6) is 0 Å². The van der Waals surface area contributed by atoms with Crippen LogP contribution in [0.1, 0.15) is 27.6 Å². The van der Waals surface area contributed by atoms with E-state index in [0.29, 0.717) is 3.57 Å². The Balaban J connectivity index is 3.23. The lowest BCUT2D eigenvalue weighted by molar-refractivity contribution is 0.0514. The zero-order chi connectivity index (χ0) is 11.4. The molecule has 0 spiro atoms. The molecule has 0 aliphatic carbocycles. The summed E-state index contributed by atoms with van der Waals surface area (Å²) in [5, 5.41) is 8.95. The Morgan fingerprint density at radius 3 is 2.67 bits per heavy atom. The first-order valence-corrected chi connectivity index (χ1v) is 5.34. The minimum Gasteiger partial charge on any atom is -0.478 e. The number of hydrogen-bond acceptors (Lipinski definition) is 3. The molecule has 0 atom stereocenters. The van der Waals surface area contributed by atoms with E-state index in [0.717, 1.165) is 0 Å². The van der Waals surface area contributed by atoms with Gasteiger partial charge in [0.25, 0.3) is 0 Å². The fraction of sp³-hybridized carbons (Fsp3) is 0.200.